The lowest BCUT2D eigenvalue weighted by Gasteiger charge is -2.33. The number of hydrogen-bond donors (Lipinski definition) is 30. The third kappa shape index (κ3) is 60.4. The largest absolute Gasteiger partial charge is 0.504 e. The normalized spacial score (nSPS) is 14.5. The molecule has 0 aromatic heterocycles. The molecule has 0 spiro atoms. The third-order valence-corrected chi connectivity index (χ3v) is 30.7. The summed E-state index contributed by atoms with van der Waals surface area (Å²) in [6.07, 6.45) is 5.70. The number of rotatable bonds is 66. The van der Waals surface area contributed by atoms with Crippen LogP contribution >= 0.6 is 123 Å². The Morgan fingerprint density at radius 2 is 0.403 bits per heavy atom. The first-order valence-corrected chi connectivity index (χ1v) is 57.1. The summed E-state index contributed by atoms with van der Waals surface area (Å²) in [5, 5.41) is 166. The summed E-state index contributed by atoms with van der Waals surface area (Å²) in [5.74, 6) is 0.728. The van der Waals surface area contributed by atoms with Crippen LogP contribution in [0.4, 0.5) is 0 Å². The van der Waals surface area contributed by atoms with Gasteiger partial charge in [0, 0.05) is 0 Å². The van der Waals surface area contributed by atoms with Crippen LogP contribution in [0.15, 0.2) is 109 Å². The molecule has 24 N–H and O–H groups in total. The molecule has 6 aromatic rings. The summed E-state index contributed by atoms with van der Waals surface area (Å²) in [6.45, 7) is -0.690. The van der Waals surface area contributed by atoms with Crippen molar-refractivity contribution in [1.29, 1.82) is 0 Å². The van der Waals surface area contributed by atoms with E-state index in [-0.39, 0.29) is 191 Å². The molecule has 0 fully saturated rings. The quantitative estimate of drug-likeness (QED) is 0.00424. The van der Waals surface area contributed by atoms with Crippen LogP contribution in [0.3, 0.4) is 0 Å². The lowest BCUT2D eigenvalue weighted by atomic mass is 10.1. The predicted molar refractivity (Wildman–Crippen MR) is 551 cm³/mol. The monoisotopic (exact) mass is 2290 g/mol. The molecule has 0 heterocycles. The van der Waals surface area contributed by atoms with Gasteiger partial charge in [-0.2, -0.15) is 0 Å². The molecule has 0 aliphatic carbocycles. The van der Waals surface area contributed by atoms with Gasteiger partial charge in [-0.25, -0.2) is 27.4 Å². The maximum absolute atomic E-state index is 11.8. The highest BCUT2D eigenvalue weighted by molar-refractivity contribution is 7.81. The number of likely N-dealkylation sites (N-methyl/N-ethyl adjacent to an activating group) is 4. The molecule has 48 nitrogen and oxygen atoms in total. The molecule has 6 unspecified atom stereocenters. The molecule has 0 saturated heterocycles. The lowest BCUT2D eigenvalue weighted by Crippen LogP contribution is -2.52. The molecule has 6 atom stereocenters. The minimum absolute atomic E-state index is 0.00677. The van der Waals surface area contributed by atoms with E-state index in [4.69, 9.17) is 84.9 Å². The number of benzene rings is 6. The second kappa shape index (κ2) is 69.7. The molecule has 0 bridgehead atoms. The van der Waals surface area contributed by atoms with Crippen molar-refractivity contribution in [1.82, 2.24) is 0 Å². The lowest BCUT2D eigenvalue weighted by molar-refractivity contribution is -0.976. The van der Waals surface area contributed by atoms with Crippen LogP contribution < -0.4 is 0 Å². The summed E-state index contributed by atoms with van der Waals surface area (Å²) in [6, 6.07) is 26.7. The van der Waals surface area contributed by atoms with Crippen LogP contribution in [-0.2, 0) is 120 Å². The molecule has 0 saturated carbocycles. The zero-order valence-corrected chi connectivity index (χ0v) is 92.0. The van der Waals surface area contributed by atoms with Crippen molar-refractivity contribution in [3.63, 3.8) is 0 Å². The Labute approximate surface area is 872 Å². The van der Waals surface area contributed by atoms with Crippen molar-refractivity contribution >= 4 is 123 Å². The zero-order valence-electron chi connectivity index (χ0n) is 81.2. The number of hydrogen-bond acceptors (Lipinski definition) is 42. The van der Waals surface area contributed by atoms with E-state index in [1.54, 1.807) is 57.5 Å². The standard InChI is InChI=1S/C14H24NO9P.C14H24NO8P.C14H24NO7P.C14H24NO6PS3.C14H24NO6PS2.C14H24NO6PS/c16-9-15(10-17,11-18)5-7-24-25(21,22)23-6-1-2-12-3-4-13(19)14(20)8-12;1-15(10-16,11-17)6-8-23-24(20,21)22-7-2-3-12-4-5-13(18)14(19)9-12;1-15(2,11-16)7-9-22-23(19,20)21-8-3-4-12-5-6-13(17)14(18)10-12;16-13-4-3-12(8-14(13)17)2-1-6-20-22(18,19)21-7-5-15(9-23,10-24)11-25;1-15(10-23,11-24)6-8-21-22(18,19)20-7-2-3-12-4-5-13(16)14(17)9-12;1-15(2,11-23)7-9-21-22(18,19)20-8-3-4-12-5-6-13(16)14(17)10-12/h3-4,8,16-18H,1-2,5-7,9-11H2,(H2-,19,20,21,22);4-5,9,16-17H,2-3,6-8,10-11H2,1H3,(H2-,18,19,20,21);5-6,10,16H,3-4,7-9,11H2,1-2H3,(H2-,17,18,19,20);3-4,8H,1-2,5-7,9-11H2,(H5-,16,17,18,19,23,24,25);4-5,9H,2-3,6-8,10-11H2,1H3,(H4-,16,17,18,19,23,24);5-6,10H,3-4,7-9,11H2,1-2H3,(H3-,16,17,18,19,23)/p+6. The van der Waals surface area contributed by atoms with Crippen molar-refractivity contribution in [3.8, 4) is 69.0 Å². The number of aliphatic hydroxyl groups excluding tert-OH is 6. The van der Waals surface area contributed by atoms with Gasteiger partial charge in [0.25, 0.3) is 0 Å². The maximum atomic E-state index is 11.8. The molecule has 0 aliphatic heterocycles. The minimum atomic E-state index is -4.29. The molecular formula is C84H150N6O42P6S6+6. The van der Waals surface area contributed by atoms with Crippen molar-refractivity contribution in [2.24, 2.45) is 0 Å². The van der Waals surface area contributed by atoms with E-state index in [2.05, 4.69) is 75.8 Å². The number of aryl methyl sites for hydroxylation is 6. The Bertz CT molecular complexity index is 4640. The number of quaternary nitrogens is 6. The number of phenols is 12. The van der Waals surface area contributed by atoms with Gasteiger partial charge in [-0.05, 0) is 183 Å². The Morgan fingerprint density at radius 1 is 0.215 bits per heavy atom. The molecule has 0 amide bonds. The van der Waals surface area contributed by atoms with E-state index in [9.17, 15) is 118 Å². The van der Waals surface area contributed by atoms with Crippen LogP contribution in [0, 0.1) is 0 Å². The van der Waals surface area contributed by atoms with E-state index in [1.165, 1.54) is 72.8 Å². The summed E-state index contributed by atoms with van der Waals surface area (Å²) >= 11 is 25.4. The number of aliphatic hydroxyl groups is 6. The number of aromatic hydroxyl groups is 12. The topological polar surface area (TPSA) is 699 Å². The van der Waals surface area contributed by atoms with E-state index in [1.807, 2.05) is 21.1 Å². The Balaban J connectivity index is 0.000000864. The maximum Gasteiger partial charge on any atom is 0.472 e. The van der Waals surface area contributed by atoms with Gasteiger partial charge in [-0.3, -0.25) is 67.7 Å². The SMILES string of the molecule is C[N+](C)(CO)CCOP(=O)(O)OCCCc1ccc(O)c(O)c1.C[N+](C)(CS)CCOP(=O)(O)OCCCc1ccc(O)c(O)c1.C[N+](CO)(CO)CCOP(=O)(O)OCCCc1ccc(O)c(O)c1.C[N+](CS)(CS)CCOP(=O)(O)OCCCc1ccc(O)c(O)c1.O=P(O)(OCCCc1ccc(O)c(O)c1)OCC[N+](CO)(CO)CO.O=P(O)(OCCCc1ccc(O)c(O)c1)OCC[N+](CS)(CS)CS. The predicted octanol–water partition coefficient (Wildman–Crippen LogP) is 8.69. The molecule has 828 valence electrons. The number of nitrogens with zero attached hydrogens (tertiary/aromatic N) is 6. The first-order chi connectivity index (χ1) is 67.3. The van der Waals surface area contributed by atoms with Gasteiger partial charge >= 0.3 is 46.9 Å². The number of phosphoric acid groups is 6. The fourth-order valence-electron chi connectivity index (χ4n) is 10.8. The van der Waals surface area contributed by atoms with Crippen molar-refractivity contribution in [3.05, 3.63) is 143 Å². The fourth-order valence-corrected chi connectivity index (χ4v) is 17.5. The van der Waals surface area contributed by atoms with Gasteiger partial charge in [-0.1, -0.05) is 36.4 Å². The van der Waals surface area contributed by atoms with Gasteiger partial charge in [0.1, 0.15) is 114 Å². The van der Waals surface area contributed by atoms with Gasteiger partial charge < -0.3 is 135 Å². The van der Waals surface area contributed by atoms with Gasteiger partial charge in [0.2, 0.25) is 0 Å². The summed E-state index contributed by atoms with van der Waals surface area (Å²) in [4.78, 5) is 57.5. The average Bonchev–Trinajstić information content (AvgIpc) is 0.874. The van der Waals surface area contributed by atoms with E-state index < -0.39 is 71.6 Å². The number of thiol groups is 6. The number of phenolic OH excluding ortho intramolecular Hbond substituents is 12. The van der Waals surface area contributed by atoms with E-state index in [0.717, 1.165) is 33.4 Å². The highest BCUT2D eigenvalue weighted by Gasteiger charge is 2.33. The van der Waals surface area contributed by atoms with E-state index >= 15 is 0 Å². The number of phosphoric ester groups is 6. The molecule has 0 radical (unpaired) electrons. The molecular weight excluding hydrogens is 2140 g/mol. The summed E-state index contributed by atoms with van der Waals surface area (Å²) < 4.78 is 130. The Kier molecular flexibility index (Phi) is 66.4. The third-order valence-electron chi connectivity index (χ3n) is 20.7. The van der Waals surface area contributed by atoms with Crippen LogP contribution in [0.5, 0.6) is 69.0 Å². The molecule has 6 rings (SSSR count). The Hall–Kier alpha value is -4.80. The highest BCUT2D eigenvalue weighted by atomic mass is 32.1. The van der Waals surface area contributed by atoms with Crippen molar-refractivity contribution < 1.29 is 230 Å². The summed E-state index contributed by atoms with van der Waals surface area (Å²) in [7, 11) is -14.0. The first kappa shape index (κ1) is 137. The first-order valence-electron chi connectivity index (χ1n) is 44.4. The molecule has 60 heteroatoms. The second-order valence-electron chi connectivity index (χ2n) is 34.2. The molecule has 144 heavy (non-hydrogen) atoms. The zero-order chi connectivity index (χ0) is 109. The molecule has 0 aliphatic rings. The summed E-state index contributed by atoms with van der Waals surface area (Å²) in [5.41, 5.74) is 4.62. The minimum Gasteiger partial charge on any atom is -0.504 e. The second-order valence-corrected chi connectivity index (χ2v) is 44.6. The van der Waals surface area contributed by atoms with Gasteiger partial charge in [-0.15, -0.1) is 75.8 Å². The van der Waals surface area contributed by atoms with Crippen molar-refractivity contribution in [2.45, 2.75) is 77.0 Å². The molecule has 6 aromatic carbocycles. The average molecular weight is 2290 g/mol. The van der Waals surface area contributed by atoms with Crippen LogP contribution in [0.1, 0.15) is 71.9 Å². The van der Waals surface area contributed by atoms with Crippen LogP contribution in [0.25, 0.3) is 0 Å². The van der Waals surface area contributed by atoms with Crippen LogP contribution in [0.2, 0.25) is 0 Å². The fraction of sp³-hybridized carbons (Fsp3) is 0.571. The Morgan fingerprint density at radius 3 is 0.583 bits per heavy atom. The van der Waals surface area contributed by atoms with E-state index in [0.29, 0.717) is 152 Å². The highest BCUT2D eigenvalue weighted by Crippen LogP contribution is 2.48. The van der Waals surface area contributed by atoms with Gasteiger partial charge in [0.15, 0.2) is 109 Å². The smallest absolute Gasteiger partial charge is 0.472 e. The van der Waals surface area contributed by atoms with Gasteiger partial charge in [0.05, 0.1) is 81.9 Å². The van der Waals surface area contributed by atoms with Crippen LogP contribution in [-0.4, -0.2) is 385 Å². The van der Waals surface area contributed by atoms with Crippen molar-refractivity contribution in [2.75, 3.05) is 236 Å².